The smallest absolute Gasteiger partial charge is 0.232 e. The molecule has 14 heteroatoms. The Morgan fingerprint density at radius 2 is 2.09 bits per heavy atom. The van der Waals surface area contributed by atoms with E-state index in [1.807, 2.05) is 6.07 Å². The van der Waals surface area contributed by atoms with Crippen molar-refractivity contribution in [2.45, 2.75) is 17.5 Å². The van der Waals surface area contributed by atoms with Crippen molar-refractivity contribution in [3.63, 3.8) is 0 Å². The number of thiazole rings is 1. The molecular weight excluding hydrogens is 570 g/mol. The molecule has 184 valence electrons. The van der Waals surface area contributed by atoms with Crippen molar-refractivity contribution in [1.29, 1.82) is 0 Å². The van der Waals surface area contributed by atoms with Gasteiger partial charge in [0.1, 0.15) is 6.17 Å². The largest absolute Gasteiger partial charge is 0.330 e. The number of benzene rings is 2. The van der Waals surface area contributed by atoms with E-state index in [-0.39, 0.29) is 54.6 Å². The lowest BCUT2D eigenvalue weighted by atomic mass is 10.0. The summed E-state index contributed by atoms with van der Waals surface area (Å²) in [6.45, 7) is 0.409. The maximum atomic E-state index is 15.1. The first kappa shape index (κ1) is 28.8. The molecule has 1 amide bonds. The van der Waals surface area contributed by atoms with Crippen LogP contribution < -0.4 is 11.1 Å². The van der Waals surface area contributed by atoms with Gasteiger partial charge in [-0.25, -0.2) is 13.8 Å². The predicted molar refractivity (Wildman–Crippen MR) is 143 cm³/mol. The van der Waals surface area contributed by atoms with Crippen LogP contribution in [0.4, 0.5) is 13.9 Å². The van der Waals surface area contributed by atoms with Gasteiger partial charge in [-0.3, -0.25) is 9.89 Å². The normalized spacial score (nSPS) is 16.5. The number of carbonyl (C=O) groups excluding carboxylic acids is 1. The number of amides is 1. The number of thioether (sulfide) groups is 1. The summed E-state index contributed by atoms with van der Waals surface area (Å²) in [4.78, 5) is 16.8. The molecule has 1 saturated carbocycles. The molecule has 4 aromatic rings. The van der Waals surface area contributed by atoms with Crippen LogP contribution in [0.2, 0.25) is 5.02 Å². The van der Waals surface area contributed by atoms with Gasteiger partial charge in [-0.05, 0) is 24.1 Å². The second-order valence-electron chi connectivity index (χ2n) is 7.18. The first-order chi connectivity index (χ1) is 15.0. The summed E-state index contributed by atoms with van der Waals surface area (Å²) in [5.41, 5.74) is 8.03. The lowest BCUT2D eigenvalue weighted by Crippen LogP contribution is -2.14. The third kappa shape index (κ3) is 5.23. The van der Waals surface area contributed by atoms with E-state index in [9.17, 15) is 9.18 Å². The summed E-state index contributed by atoms with van der Waals surface area (Å²) < 4.78 is 29.0. The van der Waals surface area contributed by atoms with E-state index in [0.717, 1.165) is 4.70 Å². The molecule has 6 nitrogen and oxygen atoms in total. The molecule has 0 saturated heterocycles. The van der Waals surface area contributed by atoms with Gasteiger partial charge in [0.25, 0.3) is 0 Å². The Hall–Kier alpha value is -1.40. The summed E-state index contributed by atoms with van der Waals surface area (Å²) >= 11 is 9.02. The minimum atomic E-state index is -1.07. The summed E-state index contributed by atoms with van der Waals surface area (Å²) in [5, 5.41) is 10.7. The highest BCUT2D eigenvalue weighted by Gasteiger charge is 2.43. The SMILES string of the molecule is Cl.Cl.Cl.NCCSc1c(F)c(Cl)c(-c2ccc3nc(NC(=O)[C@@H]4C[C@@H]4F)sc3c2)c2cn[nH]c12. The third-order valence-corrected chi connectivity index (χ3v) is 7.47. The molecule has 0 radical (unpaired) electrons. The Balaban J connectivity index is 0.00000136. The number of rotatable bonds is 6. The van der Waals surface area contributed by atoms with Crippen LogP contribution in [0.5, 0.6) is 0 Å². The zero-order chi connectivity index (χ0) is 21.7. The van der Waals surface area contributed by atoms with Crippen LogP contribution >= 0.6 is 71.9 Å². The summed E-state index contributed by atoms with van der Waals surface area (Å²) in [6.07, 6.45) is 0.806. The van der Waals surface area contributed by atoms with Gasteiger partial charge in [-0.15, -0.1) is 49.0 Å². The zero-order valence-electron chi connectivity index (χ0n) is 17.1. The third-order valence-electron chi connectivity index (χ3n) is 5.07. The van der Waals surface area contributed by atoms with Crippen molar-refractivity contribution >= 4 is 104 Å². The van der Waals surface area contributed by atoms with Gasteiger partial charge >= 0.3 is 0 Å². The standard InChI is InChI=1S/C20H16ClF2N5OS2.3ClH/c21-15-14(10-7-25-28-17(10)18(16(15)23)30-4-3-24)8-1-2-12-13(5-8)31-20(26-12)27-19(29)9-6-11(9)22;;;/h1-2,5,7,9,11H,3-4,6,24H2,(H,25,28)(H,26,27,29);3*1H/t9-,11+;;;/m1.../s1. The quantitative estimate of drug-likeness (QED) is 0.231. The molecular formula is C20H19Cl4F2N5OS2. The Bertz CT molecular complexity index is 1340. The fourth-order valence-electron chi connectivity index (χ4n) is 3.43. The number of nitrogens with two attached hydrogens (primary N) is 1. The van der Waals surface area contributed by atoms with Crippen LogP contribution in [0.3, 0.4) is 0 Å². The van der Waals surface area contributed by atoms with Crippen LogP contribution in [0.1, 0.15) is 6.42 Å². The van der Waals surface area contributed by atoms with Crippen molar-refractivity contribution in [3.05, 3.63) is 35.2 Å². The number of aromatic amines is 1. The monoisotopic (exact) mass is 587 g/mol. The van der Waals surface area contributed by atoms with Gasteiger partial charge in [0.05, 0.1) is 37.8 Å². The Kier molecular flexibility index (Phi) is 9.80. The lowest BCUT2D eigenvalue weighted by Gasteiger charge is -2.12. The first-order valence-corrected chi connectivity index (χ1v) is 11.7. The highest BCUT2D eigenvalue weighted by molar-refractivity contribution is 7.99. The molecule has 5 rings (SSSR count). The fraction of sp³-hybridized carbons (Fsp3) is 0.250. The molecule has 2 aromatic carbocycles. The van der Waals surface area contributed by atoms with Crippen molar-refractivity contribution in [3.8, 4) is 11.1 Å². The number of anilines is 1. The molecule has 2 heterocycles. The molecule has 1 fully saturated rings. The zero-order valence-corrected chi connectivity index (χ0v) is 22.0. The van der Waals surface area contributed by atoms with Gasteiger partial charge in [0.15, 0.2) is 10.9 Å². The molecule has 34 heavy (non-hydrogen) atoms. The number of aromatic nitrogens is 3. The average molecular weight is 589 g/mol. The second kappa shape index (κ2) is 11.6. The summed E-state index contributed by atoms with van der Waals surface area (Å²) in [6, 6.07) is 5.42. The van der Waals surface area contributed by atoms with Crippen LogP contribution in [-0.2, 0) is 4.79 Å². The fourth-order valence-corrected chi connectivity index (χ4v) is 5.55. The summed E-state index contributed by atoms with van der Waals surface area (Å²) in [5.74, 6) is -0.919. The molecule has 2 aromatic heterocycles. The van der Waals surface area contributed by atoms with E-state index in [2.05, 4.69) is 20.5 Å². The van der Waals surface area contributed by atoms with Crippen LogP contribution in [0.15, 0.2) is 29.3 Å². The van der Waals surface area contributed by atoms with Crippen LogP contribution in [0, 0.1) is 11.7 Å². The molecule has 2 atom stereocenters. The number of alkyl halides is 1. The number of carbonyl (C=O) groups is 1. The Morgan fingerprint density at radius 3 is 2.76 bits per heavy atom. The number of nitrogens with one attached hydrogen (secondary N) is 2. The lowest BCUT2D eigenvalue weighted by molar-refractivity contribution is -0.117. The van der Waals surface area contributed by atoms with E-state index in [1.54, 1.807) is 18.3 Å². The topological polar surface area (TPSA) is 96.7 Å². The maximum absolute atomic E-state index is 15.1. The molecule has 0 spiro atoms. The number of H-pyrrole nitrogens is 1. The minimum Gasteiger partial charge on any atom is -0.330 e. The second-order valence-corrected chi connectivity index (χ2v) is 9.69. The highest BCUT2D eigenvalue weighted by atomic mass is 35.5. The molecule has 1 aliphatic carbocycles. The maximum Gasteiger partial charge on any atom is 0.232 e. The van der Waals surface area contributed by atoms with Gasteiger partial charge < -0.3 is 11.1 Å². The Labute approximate surface area is 225 Å². The van der Waals surface area contributed by atoms with Crippen molar-refractivity contribution in [2.24, 2.45) is 11.7 Å². The van der Waals surface area contributed by atoms with Crippen LogP contribution in [-0.4, -0.2) is 39.6 Å². The predicted octanol–water partition coefficient (Wildman–Crippen LogP) is 6.24. The molecule has 0 bridgehead atoms. The van der Waals surface area contributed by atoms with Gasteiger partial charge in [0, 0.05) is 23.2 Å². The minimum absolute atomic E-state index is 0. The van der Waals surface area contributed by atoms with Crippen molar-refractivity contribution in [2.75, 3.05) is 17.6 Å². The van der Waals surface area contributed by atoms with Crippen molar-refractivity contribution < 1.29 is 13.6 Å². The molecule has 1 aliphatic rings. The number of hydrogen-bond acceptors (Lipinski definition) is 6. The molecule has 0 unspecified atom stereocenters. The van der Waals surface area contributed by atoms with E-state index < -0.39 is 17.9 Å². The number of nitrogens with zero attached hydrogens (tertiary/aromatic N) is 2. The first-order valence-electron chi connectivity index (χ1n) is 9.50. The van der Waals surface area contributed by atoms with E-state index in [0.29, 0.717) is 49.9 Å². The number of fused-ring (bicyclic) bond motifs is 2. The van der Waals surface area contributed by atoms with Gasteiger partial charge in [0.2, 0.25) is 5.91 Å². The van der Waals surface area contributed by atoms with Crippen LogP contribution in [0.25, 0.3) is 32.2 Å². The van der Waals surface area contributed by atoms with E-state index in [4.69, 9.17) is 17.3 Å². The van der Waals surface area contributed by atoms with Gasteiger partial charge in [-0.2, -0.15) is 5.10 Å². The summed E-state index contributed by atoms with van der Waals surface area (Å²) in [7, 11) is 0. The van der Waals surface area contributed by atoms with E-state index in [1.165, 1.54) is 23.1 Å². The number of hydrogen-bond donors (Lipinski definition) is 3. The average Bonchev–Trinajstić information content (AvgIpc) is 3.12. The Morgan fingerprint density at radius 1 is 1.35 bits per heavy atom. The van der Waals surface area contributed by atoms with Crippen molar-refractivity contribution in [1.82, 2.24) is 15.2 Å². The van der Waals surface area contributed by atoms with Gasteiger partial charge in [-0.1, -0.05) is 29.0 Å². The van der Waals surface area contributed by atoms with E-state index >= 15 is 4.39 Å². The number of halogens is 6. The highest BCUT2D eigenvalue weighted by Crippen LogP contribution is 2.43. The molecule has 0 aliphatic heterocycles. The molecule has 4 N–H and O–H groups in total.